The molecule has 154 valence electrons. The third-order valence-electron chi connectivity index (χ3n) is 5.05. The molecule has 1 aliphatic rings. The second-order valence-corrected chi connectivity index (χ2v) is 8.26. The Morgan fingerprint density at radius 2 is 1.90 bits per heavy atom. The predicted molar refractivity (Wildman–Crippen MR) is 120 cm³/mol. The van der Waals surface area contributed by atoms with Gasteiger partial charge in [-0.25, -0.2) is 4.98 Å². The smallest absolute Gasteiger partial charge is 0.255 e. The maximum atomic E-state index is 12.8. The number of aromatic nitrogens is 1. The van der Waals surface area contributed by atoms with Gasteiger partial charge in [-0.3, -0.25) is 4.79 Å². The Labute approximate surface area is 186 Å². The van der Waals surface area contributed by atoms with Gasteiger partial charge in [0.25, 0.3) is 5.91 Å². The van der Waals surface area contributed by atoms with E-state index in [1.807, 2.05) is 42.5 Å². The SMILES string of the molecule is O=C(NCCCc1ccc(Cl)cc1)c1cc(Cl)ncc1Oc1cccc(C2CC2)c1. The Hall–Kier alpha value is -2.56. The zero-order valence-electron chi connectivity index (χ0n) is 16.4. The molecular formula is C24H22Cl2N2O2. The average Bonchev–Trinajstić information content (AvgIpc) is 3.59. The quantitative estimate of drug-likeness (QED) is 0.324. The number of aryl methyl sites for hydroxylation is 1. The van der Waals surface area contributed by atoms with Crippen LogP contribution in [-0.2, 0) is 6.42 Å². The number of ether oxygens (including phenoxy) is 1. The molecule has 1 heterocycles. The van der Waals surface area contributed by atoms with Crippen LogP contribution in [0.5, 0.6) is 11.5 Å². The molecule has 30 heavy (non-hydrogen) atoms. The van der Waals surface area contributed by atoms with Gasteiger partial charge >= 0.3 is 0 Å². The van der Waals surface area contributed by atoms with E-state index in [9.17, 15) is 4.79 Å². The molecule has 1 fully saturated rings. The number of benzene rings is 2. The number of halogens is 2. The number of carbonyl (C=O) groups is 1. The van der Waals surface area contributed by atoms with Crippen molar-refractivity contribution < 1.29 is 9.53 Å². The molecule has 4 rings (SSSR count). The van der Waals surface area contributed by atoms with Crippen molar-refractivity contribution in [3.63, 3.8) is 0 Å². The van der Waals surface area contributed by atoms with Crippen LogP contribution in [-0.4, -0.2) is 17.4 Å². The minimum Gasteiger partial charge on any atom is -0.455 e. The first kappa shape index (κ1) is 20.7. The monoisotopic (exact) mass is 440 g/mol. The minimum atomic E-state index is -0.233. The fourth-order valence-corrected chi connectivity index (χ4v) is 3.58. The van der Waals surface area contributed by atoms with Crippen LogP contribution >= 0.6 is 23.2 Å². The van der Waals surface area contributed by atoms with Crippen molar-refractivity contribution in [1.29, 1.82) is 0 Å². The Balaban J connectivity index is 1.38. The fourth-order valence-electron chi connectivity index (χ4n) is 3.29. The number of carbonyl (C=O) groups excluding carboxylic acids is 1. The van der Waals surface area contributed by atoms with Gasteiger partial charge < -0.3 is 10.1 Å². The summed E-state index contributed by atoms with van der Waals surface area (Å²) in [6.07, 6.45) is 5.59. The van der Waals surface area contributed by atoms with Crippen molar-refractivity contribution in [2.45, 2.75) is 31.6 Å². The zero-order chi connectivity index (χ0) is 20.9. The highest BCUT2D eigenvalue weighted by molar-refractivity contribution is 6.30. The van der Waals surface area contributed by atoms with E-state index in [0.29, 0.717) is 29.5 Å². The molecular weight excluding hydrogens is 419 g/mol. The molecule has 1 N–H and O–H groups in total. The van der Waals surface area contributed by atoms with Crippen molar-refractivity contribution in [3.05, 3.63) is 87.7 Å². The predicted octanol–water partition coefficient (Wildman–Crippen LogP) is 6.42. The maximum Gasteiger partial charge on any atom is 0.255 e. The van der Waals surface area contributed by atoms with Gasteiger partial charge in [-0.15, -0.1) is 0 Å². The van der Waals surface area contributed by atoms with Gasteiger partial charge in [-0.2, -0.15) is 0 Å². The lowest BCUT2D eigenvalue weighted by Crippen LogP contribution is -2.25. The fraction of sp³-hybridized carbons (Fsp3) is 0.250. The number of hydrogen-bond acceptors (Lipinski definition) is 3. The highest BCUT2D eigenvalue weighted by Gasteiger charge is 2.24. The average molecular weight is 441 g/mol. The number of nitrogens with zero attached hydrogens (tertiary/aromatic N) is 1. The lowest BCUT2D eigenvalue weighted by molar-refractivity contribution is 0.0951. The van der Waals surface area contributed by atoms with Crippen LogP contribution in [0.3, 0.4) is 0 Å². The van der Waals surface area contributed by atoms with E-state index in [4.69, 9.17) is 27.9 Å². The summed E-state index contributed by atoms with van der Waals surface area (Å²) >= 11 is 11.9. The molecule has 1 aromatic heterocycles. The molecule has 0 radical (unpaired) electrons. The first-order valence-electron chi connectivity index (χ1n) is 10.0. The molecule has 0 aliphatic heterocycles. The molecule has 1 amide bonds. The van der Waals surface area contributed by atoms with Crippen molar-refractivity contribution in [2.75, 3.05) is 6.54 Å². The van der Waals surface area contributed by atoms with Gasteiger partial charge in [0.05, 0.1) is 11.8 Å². The summed E-state index contributed by atoms with van der Waals surface area (Å²) in [6.45, 7) is 0.540. The first-order chi connectivity index (χ1) is 14.6. The molecule has 1 saturated carbocycles. The van der Waals surface area contributed by atoms with Crippen molar-refractivity contribution in [2.24, 2.45) is 0 Å². The summed E-state index contributed by atoms with van der Waals surface area (Å²) in [5, 5.41) is 3.91. The zero-order valence-corrected chi connectivity index (χ0v) is 17.9. The Kier molecular flexibility index (Phi) is 6.56. The largest absolute Gasteiger partial charge is 0.455 e. The molecule has 0 atom stereocenters. The third-order valence-corrected chi connectivity index (χ3v) is 5.51. The normalized spacial score (nSPS) is 13.1. The van der Waals surface area contributed by atoms with E-state index in [1.54, 1.807) is 0 Å². The Morgan fingerprint density at radius 3 is 2.67 bits per heavy atom. The summed E-state index contributed by atoms with van der Waals surface area (Å²) < 4.78 is 6.00. The van der Waals surface area contributed by atoms with E-state index in [2.05, 4.69) is 16.4 Å². The van der Waals surface area contributed by atoms with E-state index < -0.39 is 0 Å². The second-order valence-electron chi connectivity index (χ2n) is 7.44. The van der Waals surface area contributed by atoms with Crippen LogP contribution in [0, 0.1) is 0 Å². The molecule has 1 aliphatic carbocycles. The summed E-state index contributed by atoms with van der Waals surface area (Å²) in [4.78, 5) is 16.8. The van der Waals surface area contributed by atoms with Gasteiger partial charge in [0.1, 0.15) is 10.9 Å². The Bertz CT molecular complexity index is 1030. The summed E-state index contributed by atoms with van der Waals surface area (Å²) in [5.74, 6) is 1.48. The molecule has 6 heteroatoms. The van der Waals surface area contributed by atoms with E-state index >= 15 is 0 Å². The minimum absolute atomic E-state index is 0.233. The molecule has 0 spiro atoms. The van der Waals surface area contributed by atoms with Crippen LogP contribution in [0.1, 0.15) is 46.7 Å². The molecule has 2 aromatic carbocycles. The standard InChI is InChI=1S/C24H22Cl2N2O2/c25-19-10-6-16(7-11-19)3-2-12-27-24(29)21-14-23(26)28-15-22(21)30-20-5-1-4-18(13-20)17-8-9-17/h1,4-7,10-11,13-15,17H,2-3,8-9,12H2,(H,27,29). The van der Waals surface area contributed by atoms with Crippen LogP contribution in [0.25, 0.3) is 0 Å². The van der Waals surface area contributed by atoms with Gasteiger partial charge in [-0.1, -0.05) is 47.5 Å². The summed E-state index contributed by atoms with van der Waals surface area (Å²) in [6, 6.07) is 17.3. The molecule has 3 aromatic rings. The summed E-state index contributed by atoms with van der Waals surface area (Å²) in [7, 11) is 0. The van der Waals surface area contributed by atoms with Crippen molar-refractivity contribution in [3.8, 4) is 11.5 Å². The van der Waals surface area contributed by atoms with Crippen LogP contribution < -0.4 is 10.1 Å². The van der Waals surface area contributed by atoms with Crippen LogP contribution in [0.15, 0.2) is 60.8 Å². The Morgan fingerprint density at radius 1 is 1.10 bits per heavy atom. The lowest BCUT2D eigenvalue weighted by Gasteiger charge is -2.12. The van der Waals surface area contributed by atoms with Crippen molar-refractivity contribution in [1.82, 2.24) is 10.3 Å². The highest BCUT2D eigenvalue weighted by Crippen LogP contribution is 2.41. The molecule has 0 unspecified atom stereocenters. The third kappa shape index (κ3) is 5.53. The van der Waals surface area contributed by atoms with Gasteiger partial charge in [0.15, 0.2) is 5.75 Å². The molecule has 0 bridgehead atoms. The highest BCUT2D eigenvalue weighted by atomic mass is 35.5. The first-order valence-corrected chi connectivity index (χ1v) is 10.8. The van der Waals surface area contributed by atoms with E-state index in [-0.39, 0.29) is 11.1 Å². The van der Waals surface area contributed by atoms with Crippen molar-refractivity contribution >= 4 is 29.1 Å². The summed E-state index contributed by atoms with van der Waals surface area (Å²) in [5.41, 5.74) is 2.82. The van der Waals surface area contributed by atoms with Crippen LogP contribution in [0.4, 0.5) is 0 Å². The number of rotatable bonds is 8. The lowest BCUT2D eigenvalue weighted by atomic mass is 10.1. The maximum absolute atomic E-state index is 12.8. The number of nitrogens with one attached hydrogen (secondary N) is 1. The molecule has 0 saturated heterocycles. The van der Waals surface area contributed by atoms with E-state index in [1.165, 1.54) is 36.2 Å². The number of amides is 1. The topological polar surface area (TPSA) is 51.2 Å². The number of pyridine rings is 1. The second kappa shape index (κ2) is 9.50. The molecule has 4 nitrogen and oxygen atoms in total. The van der Waals surface area contributed by atoms with Gasteiger partial charge in [0.2, 0.25) is 0 Å². The van der Waals surface area contributed by atoms with Crippen LogP contribution in [0.2, 0.25) is 10.2 Å². The van der Waals surface area contributed by atoms with Gasteiger partial charge in [-0.05, 0) is 73.1 Å². The van der Waals surface area contributed by atoms with E-state index in [0.717, 1.165) is 17.9 Å². The van der Waals surface area contributed by atoms with Gasteiger partial charge in [0, 0.05) is 11.6 Å². The number of hydrogen-bond donors (Lipinski definition) is 1.